The molecule has 0 atom stereocenters. The molecule has 18 heavy (non-hydrogen) atoms. The summed E-state index contributed by atoms with van der Waals surface area (Å²) in [6, 6.07) is 9.23. The Kier molecular flexibility index (Phi) is 3.89. The first-order valence-electron chi connectivity index (χ1n) is 5.18. The molecule has 0 aliphatic heterocycles. The number of ether oxygens (including phenoxy) is 1. The van der Waals surface area contributed by atoms with Crippen LogP contribution in [0, 0.1) is 0 Å². The summed E-state index contributed by atoms with van der Waals surface area (Å²) in [6.07, 6.45) is 0. The molecule has 2 rings (SSSR count). The summed E-state index contributed by atoms with van der Waals surface area (Å²) in [5.74, 6) is 1.43. The van der Waals surface area contributed by atoms with E-state index in [1.54, 1.807) is 13.2 Å². The van der Waals surface area contributed by atoms with Crippen LogP contribution in [0.1, 0.15) is 0 Å². The smallest absolute Gasteiger partial charge is 0.225 e. The molecular formula is C12H11Cl2N3O. The lowest BCUT2D eigenvalue weighted by atomic mass is 10.3. The molecule has 1 aromatic carbocycles. The maximum atomic E-state index is 5.85. The highest BCUT2D eigenvalue weighted by Gasteiger charge is 2.08. The second kappa shape index (κ2) is 5.42. The molecule has 0 saturated heterocycles. The summed E-state index contributed by atoms with van der Waals surface area (Å²) in [4.78, 5) is 9.79. The number of hydrogen-bond acceptors (Lipinski definition) is 4. The van der Waals surface area contributed by atoms with Crippen LogP contribution in [0.25, 0.3) is 0 Å². The maximum Gasteiger partial charge on any atom is 0.225 e. The van der Waals surface area contributed by atoms with Gasteiger partial charge < -0.3 is 9.64 Å². The number of methoxy groups -OCH3 is 1. The van der Waals surface area contributed by atoms with E-state index in [9.17, 15) is 0 Å². The van der Waals surface area contributed by atoms with Crippen LogP contribution in [0.3, 0.4) is 0 Å². The molecule has 2 aromatic rings. The van der Waals surface area contributed by atoms with E-state index in [2.05, 4.69) is 9.97 Å². The largest absolute Gasteiger partial charge is 0.497 e. The van der Waals surface area contributed by atoms with Crippen molar-refractivity contribution >= 4 is 34.7 Å². The van der Waals surface area contributed by atoms with Crippen molar-refractivity contribution in [3.05, 3.63) is 40.8 Å². The van der Waals surface area contributed by atoms with Crippen molar-refractivity contribution in [1.82, 2.24) is 9.97 Å². The fourth-order valence-electron chi connectivity index (χ4n) is 1.49. The van der Waals surface area contributed by atoms with E-state index >= 15 is 0 Å². The van der Waals surface area contributed by atoms with Crippen LogP contribution in [0.15, 0.2) is 30.3 Å². The zero-order valence-corrected chi connectivity index (χ0v) is 11.4. The summed E-state index contributed by atoms with van der Waals surface area (Å²) in [5, 5.41) is 0.434. The van der Waals surface area contributed by atoms with Crippen LogP contribution in [0.2, 0.25) is 10.4 Å². The number of hydrogen-bond donors (Lipinski definition) is 0. The summed E-state index contributed by atoms with van der Waals surface area (Å²) in [7, 11) is 3.50. The Bertz CT molecular complexity index is 525. The topological polar surface area (TPSA) is 38.2 Å². The van der Waals surface area contributed by atoms with Crippen molar-refractivity contribution in [2.45, 2.75) is 0 Å². The Morgan fingerprint density at radius 2 is 1.78 bits per heavy atom. The van der Waals surface area contributed by atoms with Gasteiger partial charge in [0.25, 0.3) is 0 Å². The molecular weight excluding hydrogens is 273 g/mol. The number of anilines is 2. The van der Waals surface area contributed by atoms with Gasteiger partial charge in [-0.2, -0.15) is 0 Å². The molecule has 0 bridgehead atoms. The van der Waals surface area contributed by atoms with E-state index in [1.165, 1.54) is 0 Å². The second-order valence-electron chi connectivity index (χ2n) is 3.57. The number of aromatic nitrogens is 2. The first-order valence-corrected chi connectivity index (χ1v) is 5.93. The fourth-order valence-corrected chi connectivity index (χ4v) is 1.89. The molecule has 0 amide bonds. The molecule has 94 valence electrons. The quantitative estimate of drug-likeness (QED) is 0.638. The van der Waals surface area contributed by atoms with Gasteiger partial charge in [0.2, 0.25) is 5.28 Å². The minimum Gasteiger partial charge on any atom is -0.497 e. The molecule has 1 aromatic heterocycles. The van der Waals surface area contributed by atoms with Crippen molar-refractivity contribution in [3.63, 3.8) is 0 Å². The standard InChI is InChI=1S/C12H11Cl2N3O/c1-17(8-3-5-9(18-2)6-4-8)11-7-10(13)15-12(14)16-11/h3-7H,1-2H3. The molecule has 1 heterocycles. The van der Waals surface area contributed by atoms with Crippen molar-refractivity contribution in [1.29, 1.82) is 0 Å². The van der Waals surface area contributed by atoms with Gasteiger partial charge in [0, 0.05) is 18.8 Å². The molecule has 0 aliphatic rings. The number of benzene rings is 1. The normalized spacial score (nSPS) is 10.2. The number of nitrogens with zero attached hydrogens (tertiary/aromatic N) is 3. The van der Waals surface area contributed by atoms with Crippen LogP contribution in [0.4, 0.5) is 11.5 Å². The Labute approximate surface area is 115 Å². The molecule has 0 N–H and O–H groups in total. The van der Waals surface area contributed by atoms with E-state index in [0.29, 0.717) is 11.0 Å². The van der Waals surface area contributed by atoms with E-state index in [1.807, 2.05) is 36.2 Å². The van der Waals surface area contributed by atoms with Crippen molar-refractivity contribution in [2.24, 2.45) is 0 Å². The van der Waals surface area contributed by atoms with Gasteiger partial charge in [0.1, 0.15) is 16.7 Å². The van der Waals surface area contributed by atoms with E-state index in [4.69, 9.17) is 27.9 Å². The zero-order valence-electron chi connectivity index (χ0n) is 9.89. The second-order valence-corrected chi connectivity index (χ2v) is 4.30. The van der Waals surface area contributed by atoms with Crippen molar-refractivity contribution < 1.29 is 4.74 Å². The number of rotatable bonds is 3. The highest BCUT2D eigenvalue weighted by molar-refractivity contribution is 6.32. The zero-order chi connectivity index (χ0) is 13.1. The Morgan fingerprint density at radius 3 is 2.33 bits per heavy atom. The lowest BCUT2D eigenvalue weighted by Crippen LogP contribution is -2.11. The van der Waals surface area contributed by atoms with Crippen LogP contribution in [-0.2, 0) is 0 Å². The summed E-state index contributed by atoms with van der Waals surface area (Å²) < 4.78 is 5.11. The molecule has 4 nitrogen and oxygen atoms in total. The highest BCUT2D eigenvalue weighted by Crippen LogP contribution is 2.26. The van der Waals surface area contributed by atoms with Gasteiger partial charge in [-0.1, -0.05) is 11.6 Å². The summed E-state index contributed by atoms with van der Waals surface area (Å²) >= 11 is 11.6. The fraction of sp³-hybridized carbons (Fsp3) is 0.167. The van der Waals surface area contributed by atoms with Gasteiger partial charge in [0.05, 0.1) is 7.11 Å². The van der Waals surface area contributed by atoms with Crippen LogP contribution in [0.5, 0.6) is 5.75 Å². The van der Waals surface area contributed by atoms with Gasteiger partial charge in [0.15, 0.2) is 0 Å². The van der Waals surface area contributed by atoms with E-state index in [-0.39, 0.29) is 5.28 Å². The molecule has 0 fully saturated rings. The number of halogens is 2. The van der Waals surface area contributed by atoms with Crippen LogP contribution < -0.4 is 9.64 Å². The van der Waals surface area contributed by atoms with E-state index in [0.717, 1.165) is 11.4 Å². The lowest BCUT2D eigenvalue weighted by Gasteiger charge is -2.18. The SMILES string of the molecule is COc1ccc(N(C)c2cc(Cl)nc(Cl)n2)cc1. The summed E-state index contributed by atoms with van der Waals surface area (Å²) in [6.45, 7) is 0. The Balaban J connectivity index is 2.31. The molecule has 0 aliphatic carbocycles. The lowest BCUT2D eigenvalue weighted by molar-refractivity contribution is 0.415. The molecule has 0 saturated carbocycles. The van der Waals surface area contributed by atoms with Gasteiger partial charge >= 0.3 is 0 Å². The minimum absolute atomic E-state index is 0.123. The van der Waals surface area contributed by atoms with Gasteiger partial charge in [-0.05, 0) is 35.9 Å². The van der Waals surface area contributed by atoms with Crippen LogP contribution >= 0.6 is 23.2 Å². The van der Waals surface area contributed by atoms with E-state index < -0.39 is 0 Å². The Morgan fingerprint density at radius 1 is 1.11 bits per heavy atom. The third kappa shape index (κ3) is 2.83. The molecule has 0 spiro atoms. The predicted octanol–water partition coefficient (Wildman–Crippen LogP) is 3.56. The minimum atomic E-state index is 0.123. The molecule has 0 radical (unpaired) electrons. The van der Waals surface area contributed by atoms with Gasteiger partial charge in [-0.3, -0.25) is 0 Å². The first kappa shape index (κ1) is 12.9. The summed E-state index contributed by atoms with van der Waals surface area (Å²) in [5.41, 5.74) is 0.946. The average molecular weight is 284 g/mol. The maximum absolute atomic E-state index is 5.85. The highest BCUT2D eigenvalue weighted by atomic mass is 35.5. The van der Waals surface area contributed by atoms with Gasteiger partial charge in [-0.25, -0.2) is 9.97 Å². The van der Waals surface area contributed by atoms with Crippen molar-refractivity contribution in [2.75, 3.05) is 19.1 Å². The predicted molar refractivity (Wildman–Crippen MR) is 73.1 cm³/mol. The van der Waals surface area contributed by atoms with Gasteiger partial charge in [-0.15, -0.1) is 0 Å². The molecule has 6 heteroatoms. The first-order chi connectivity index (χ1) is 8.60. The average Bonchev–Trinajstić information content (AvgIpc) is 2.37. The Hall–Kier alpha value is -1.52. The van der Waals surface area contributed by atoms with Crippen molar-refractivity contribution in [3.8, 4) is 5.75 Å². The monoisotopic (exact) mass is 283 g/mol. The third-order valence-electron chi connectivity index (χ3n) is 2.46. The van der Waals surface area contributed by atoms with Crippen LogP contribution in [-0.4, -0.2) is 24.1 Å². The third-order valence-corrected chi connectivity index (χ3v) is 2.82. The molecule has 0 unspecified atom stereocenters.